The lowest BCUT2D eigenvalue weighted by Crippen LogP contribution is -2.45. The van der Waals surface area contributed by atoms with Crippen molar-refractivity contribution in [2.75, 3.05) is 0 Å². The van der Waals surface area contributed by atoms with E-state index < -0.39 is 0 Å². The maximum Gasteiger partial charge on any atom is 0.226 e. The molecule has 0 aromatic heterocycles. The van der Waals surface area contributed by atoms with E-state index in [1.165, 1.54) is 6.42 Å². The summed E-state index contributed by atoms with van der Waals surface area (Å²) in [4.78, 5) is 14.4. The molecule has 0 aromatic carbocycles. The summed E-state index contributed by atoms with van der Waals surface area (Å²) in [7, 11) is 0. The lowest BCUT2D eigenvalue weighted by atomic mass is 9.96. The van der Waals surface area contributed by atoms with Crippen LogP contribution in [0.4, 0.5) is 0 Å². The van der Waals surface area contributed by atoms with Crippen molar-refractivity contribution < 1.29 is 4.79 Å². The molecule has 0 spiro atoms. The number of carbonyl (C=O) groups is 1. The van der Waals surface area contributed by atoms with Crippen LogP contribution in [-0.2, 0) is 4.79 Å². The number of rotatable bonds is 7. The summed E-state index contributed by atoms with van der Waals surface area (Å²) in [6, 6.07) is 0.617. The van der Waals surface area contributed by atoms with Crippen LogP contribution in [0.5, 0.6) is 0 Å². The van der Waals surface area contributed by atoms with E-state index in [1.807, 2.05) is 4.90 Å². The SMILES string of the molecule is CCCCC(CC)C(=O)N(C(C)C)C(C)C. The zero-order valence-corrected chi connectivity index (χ0v) is 11.9. The molecular weight excluding hydrogens is 198 g/mol. The molecule has 96 valence electrons. The van der Waals surface area contributed by atoms with Crippen LogP contribution in [0, 0.1) is 5.92 Å². The predicted octanol–water partition coefficient (Wildman–Crippen LogP) is 3.85. The van der Waals surface area contributed by atoms with Crippen molar-refractivity contribution in [3.05, 3.63) is 0 Å². The molecule has 2 heteroatoms. The van der Waals surface area contributed by atoms with Crippen LogP contribution in [0.3, 0.4) is 0 Å². The van der Waals surface area contributed by atoms with E-state index in [2.05, 4.69) is 41.5 Å². The third-order valence-electron chi connectivity index (χ3n) is 3.12. The van der Waals surface area contributed by atoms with Gasteiger partial charge in [0.15, 0.2) is 0 Å². The monoisotopic (exact) mass is 227 g/mol. The van der Waals surface area contributed by atoms with E-state index >= 15 is 0 Å². The number of hydrogen-bond acceptors (Lipinski definition) is 1. The largest absolute Gasteiger partial charge is 0.338 e. The smallest absolute Gasteiger partial charge is 0.226 e. The van der Waals surface area contributed by atoms with Gasteiger partial charge in [0.25, 0.3) is 0 Å². The third kappa shape index (κ3) is 4.54. The summed E-state index contributed by atoms with van der Waals surface area (Å²) in [6.07, 6.45) is 4.35. The second kappa shape index (κ2) is 7.70. The first-order valence-corrected chi connectivity index (χ1v) is 6.77. The van der Waals surface area contributed by atoms with E-state index in [1.54, 1.807) is 0 Å². The molecule has 0 N–H and O–H groups in total. The Kier molecular flexibility index (Phi) is 7.44. The van der Waals surface area contributed by atoms with E-state index in [4.69, 9.17) is 0 Å². The highest BCUT2D eigenvalue weighted by Gasteiger charge is 2.26. The average molecular weight is 227 g/mol. The Morgan fingerprint density at radius 3 is 1.88 bits per heavy atom. The molecule has 0 saturated heterocycles. The summed E-state index contributed by atoms with van der Waals surface area (Å²) in [6.45, 7) is 12.7. The summed E-state index contributed by atoms with van der Waals surface area (Å²) < 4.78 is 0. The highest BCUT2D eigenvalue weighted by molar-refractivity contribution is 5.79. The second-order valence-corrected chi connectivity index (χ2v) is 5.18. The van der Waals surface area contributed by atoms with Crippen molar-refractivity contribution in [1.82, 2.24) is 4.90 Å². The van der Waals surface area contributed by atoms with Crippen LogP contribution in [-0.4, -0.2) is 22.9 Å². The minimum Gasteiger partial charge on any atom is -0.338 e. The van der Waals surface area contributed by atoms with Crippen LogP contribution in [0.2, 0.25) is 0 Å². The Morgan fingerprint density at radius 1 is 1.06 bits per heavy atom. The summed E-state index contributed by atoms with van der Waals surface area (Å²) in [5, 5.41) is 0. The molecule has 0 rings (SSSR count). The molecule has 1 amide bonds. The lowest BCUT2D eigenvalue weighted by Gasteiger charge is -2.34. The van der Waals surface area contributed by atoms with Crippen molar-refractivity contribution in [2.45, 2.75) is 79.3 Å². The van der Waals surface area contributed by atoms with E-state index in [0.29, 0.717) is 18.0 Å². The Labute approximate surface area is 101 Å². The van der Waals surface area contributed by atoms with Crippen LogP contribution >= 0.6 is 0 Å². The first kappa shape index (κ1) is 15.5. The standard InChI is InChI=1S/C14H29NO/c1-7-9-10-13(8-2)14(16)15(11(3)4)12(5)6/h11-13H,7-10H2,1-6H3. The van der Waals surface area contributed by atoms with Gasteiger partial charge in [-0.3, -0.25) is 4.79 Å². The fraction of sp³-hybridized carbons (Fsp3) is 0.929. The Morgan fingerprint density at radius 2 is 1.56 bits per heavy atom. The van der Waals surface area contributed by atoms with Crippen LogP contribution in [0.1, 0.15) is 67.2 Å². The molecule has 0 heterocycles. The highest BCUT2D eigenvalue weighted by Crippen LogP contribution is 2.19. The van der Waals surface area contributed by atoms with Gasteiger partial charge in [-0.2, -0.15) is 0 Å². The zero-order valence-electron chi connectivity index (χ0n) is 11.9. The van der Waals surface area contributed by atoms with Gasteiger partial charge in [0.05, 0.1) is 0 Å². The van der Waals surface area contributed by atoms with Crippen molar-refractivity contribution >= 4 is 5.91 Å². The molecule has 0 aromatic rings. The maximum atomic E-state index is 12.4. The van der Waals surface area contributed by atoms with Gasteiger partial charge < -0.3 is 4.90 Å². The molecule has 0 bridgehead atoms. The molecule has 1 unspecified atom stereocenters. The van der Waals surface area contributed by atoms with Gasteiger partial charge in [-0.05, 0) is 40.5 Å². The van der Waals surface area contributed by atoms with Gasteiger partial charge in [-0.25, -0.2) is 0 Å². The average Bonchev–Trinajstić information content (AvgIpc) is 2.17. The molecule has 0 aliphatic carbocycles. The Hall–Kier alpha value is -0.530. The van der Waals surface area contributed by atoms with Gasteiger partial charge in [-0.1, -0.05) is 26.7 Å². The van der Waals surface area contributed by atoms with E-state index in [0.717, 1.165) is 19.3 Å². The molecule has 0 saturated carbocycles. The first-order valence-electron chi connectivity index (χ1n) is 6.77. The number of amides is 1. The molecule has 16 heavy (non-hydrogen) atoms. The number of hydrogen-bond donors (Lipinski definition) is 0. The molecule has 0 aliphatic rings. The van der Waals surface area contributed by atoms with Gasteiger partial charge in [0, 0.05) is 18.0 Å². The fourth-order valence-electron chi connectivity index (χ4n) is 2.27. The van der Waals surface area contributed by atoms with Crippen LogP contribution in [0.25, 0.3) is 0 Å². The van der Waals surface area contributed by atoms with Gasteiger partial charge >= 0.3 is 0 Å². The zero-order chi connectivity index (χ0) is 12.7. The second-order valence-electron chi connectivity index (χ2n) is 5.18. The van der Waals surface area contributed by atoms with Gasteiger partial charge in [-0.15, -0.1) is 0 Å². The van der Waals surface area contributed by atoms with Crippen molar-refractivity contribution in [3.8, 4) is 0 Å². The van der Waals surface area contributed by atoms with E-state index in [9.17, 15) is 4.79 Å². The number of carbonyl (C=O) groups excluding carboxylic acids is 1. The Bertz CT molecular complexity index is 191. The van der Waals surface area contributed by atoms with Crippen molar-refractivity contribution in [1.29, 1.82) is 0 Å². The molecule has 2 nitrogen and oxygen atoms in total. The first-order chi connectivity index (χ1) is 7.45. The lowest BCUT2D eigenvalue weighted by molar-refractivity contribution is -0.139. The fourth-order valence-corrected chi connectivity index (χ4v) is 2.27. The minimum atomic E-state index is 0.227. The highest BCUT2D eigenvalue weighted by atomic mass is 16.2. The summed E-state index contributed by atoms with van der Waals surface area (Å²) in [5.41, 5.74) is 0. The van der Waals surface area contributed by atoms with Crippen molar-refractivity contribution in [2.24, 2.45) is 5.92 Å². The normalized spacial score (nSPS) is 13.2. The summed E-state index contributed by atoms with van der Waals surface area (Å²) in [5.74, 6) is 0.575. The Balaban J connectivity index is 4.55. The molecule has 1 atom stereocenters. The predicted molar refractivity (Wildman–Crippen MR) is 70.4 cm³/mol. The summed E-state index contributed by atoms with van der Waals surface area (Å²) >= 11 is 0. The minimum absolute atomic E-state index is 0.227. The maximum absolute atomic E-state index is 12.4. The molecular formula is C14H29NO. The van der Waals surface area contributed by atoms with Crippen LogP contribution < -0.4 is 0 Å². The quantitative estimate of drug-likeness (QED) is 0.647. The van der Waals surface area contributed by atoms with Gasteiger partial charge in [0.2, 0.25) is 5.91 Å². The third-order valence-corrected chi connectivity index (χ3v) is 3.12. The number of unbranched alkanes of at least 4 members (excludes halogenated alkanes) is 1. The molecule has 0 aliphatic heterocycles. The van der Waals surface area contributed by atoms with Crippen LogP contribution in [0.15, 0.2) is 0 Å². The van der Waals surface area contributed by atoms with E-state index in [-0.39, 0.29) is 5.92 Å². The molecule has 0 radical (unpaired) electrons. The van der Waals surface area contributed by atoms with Gasteiger partial charge in [0.1, 0.15) is 0 Å². The number of nitrogens with zero attached hydrogens (tertiary/aromatic N) is 1. The topological polar surface area (TPSA) is 20.3 Å². The van der Waals surface area contributed by atoms with Crippen molar-refractivity contribution in [3.63, 3.8) is 0 Å². The molecule has 0 fully saturated rings.